The maximum absolute atomic E-state index is 10.1. The Morgan fingerprint density at radius 2 is 2.18 bits per heavy atom. The number of anilines is 1. The molecule has 11 heavy (non-hydrogen) atoms. The van der Waals surface area contributed by atoms with Crippen molar-refractivity contribution in [2.45, 2.75) is 5.75 Å². The monoisotopic (exact) mass is 167 g/mol. The van der Waals surface area contributed by atoms with E-state index in [4.69, 9.17) is 0 Å². The van der Waals surface area contributed by atoms with Crippen molar-refractivity contribution in [3.05, 3.63) is 29.8 Å². The van der Waals surface area contributed by atoms with Crippen LogP contribution < -0.4 is 5.32 Å². The molecule has 0 radical (unpaired) electrons. The number of carbonyl (C=O) groups excluding carboxylic acids is 1. The highest BCUT2D eigenvalue weighted by molar-refractivity contribution is 7.79. The Bertz CT molecular complexity index is 250. The van der Waals surface area contributed by atoms with E-state index in [9.17, 15) is 4.79 Å². The van der Waals surface area contributed by atoms with Gasteiger partial charge < -0.3 is 5.32 Å². The summed E-state index contributed by atoms with van der Waals surface area (Å²) in [7, 11) is 0. The molecule has 1 aromatic rings. The fourth-order valence-electron chi connectivity index (χ4n) is 0.862. The van der Waals surface area contributed by atoms with E-state index in [2.05, 4.69) is 17.9 Å². The Morgan fingerprint density at radius 3 is 2.82 bits per heavy atom. The van der Waals surface area contributed by atoms with Crippen LogP contribution in [0.25, 0.3) is 0 Å². The zero-order valence-electron chi connectivity index (χ0n) is 5.95. The first-order valence-corrected chi connectivity index (χ1v) is 3.90. The largest absolute Gasteiger partial charge is 0.328 e. The topological polar surface area (TPSA) is 29.1 Å². The van der Waals surface area contributed by atoms with Gasteiger partial charge in [0.1, 0.15) is 0 Å². The van der Waals surface area contributed by atoms with Crippen LogP contribution in [0.5, 0.6) is 0 Å². The number of rotatable bonds is 3. The Labute approximate surface area is 71.0 Å². The summed E-state index contributed by atoms with van der Waals surface area (Å²) in [5.41, 5.74) is 1.86. The lowest BCUT2D eigenvalue weighted by Crippen LogP contribution is -1.96. The van der Waals surface area contributed by atoms with Crippen LogP contribution in [0.4, 0.5) is 5.69 Å². The Balaban J connectivity index is 2.92. The first-order valence-electron chi connectivity index (χ1n) is 3.27. The minimum atomic E-state index is 0.636. The van der Waals surface area contributed by atoms with Crippen molar-refractivity contribution in [3.8, 4) is 0 Å². The number of para-hydroxylation sites is 1. The van der Waals surface area contributed by atoms with E-state index >= 15 is 0 Å². The van der Waals surface area contributed by atoms with Crippen LogP contribution in [0.3, 0.4) is 0 Å². The molecule has 0 aliphatic carbocycles. The molecule has 0 atom stereocenters. The zero-order valence-corrected chi connectivity index (χ0v) is 6.84. The van der Waals surface area contributed by atoms with Crippen molar-refractivity contribution < 1.29 is 4.79 Å². The molecule has 1 rings (SSSR count). The number of nitrogens with one attached hydrogen (secondary N) is 1. The van der Waals surface area contributed by atoms with Crippen LogP contribution in [0.1, 0.15) is 5.56 Å². The van der Waals surface area contributed by atoms with Gasteiger partial charge >= 0.3 is 0 Å². The van der Waals surface area contributed by atoms with Crippen LogP contribution in [0, 0.1) is 0 Å². The lowest BCUT2D eigenvalue weighted by atomic mass is 10.2. The smallest absolute Gasteiger partial charge is 0.211 e. The molecule has 0 bridgehead atoms. The first kappa shape index (κ1) is 8.14. The molecule has 0 aromatic heterocycles. The molecule has 0 fully saturated rings. The minimum absolute atomic E-state index is 0.636. The molecular formula is C8H9NOS. The standard InChI is InChI=1S/C8H9NOS/c10-6-9-8-4-2-1-3-7(8)5-11/h1-4,6,11H,5H2,(H,9,10). The van der Waals surface area contributed by atoms with Gasteiger partial charge in [0, 0.05) is 11.4 Å². The van der Waals surface area contributed by atoms with Crippen LogP contribution in [-0.4, -0.2) is 6.41 Å². The third-order valence-electron chi connectivity index (χ3n) is 1.40. The molecule has 0 unspecified atom stereocenters. The summed E-state index contributed by atoms with van der Waals surface area (Å²) in [4.78, 5) is 10.1. The molecule has 1 N–H and O–H groups in total. The van der Waals surface area contributed by atoms with E-state index in [1.165, 1.54) is 0 Å². The van der Waals surface area contributed by atoms with Gasteiger partial charge in [0.2, 0.25) is 6.41 Å². The Kier molecular flexibility index (Phi) is 2.98. The van der Waals surface area contributed by atoms with Gasteiger partial charge in [-0.2, -0.15) is 12.6 Å². The van der Waals surface area contributed by atoms with E-state index in [1.807, 2.05) is 24.3 Å². The van der Waals surface area contributed by atoms with Crippen molar-refractivity contribution >= 4 is 24.7 Å². The van der Waals surface area contributed by atoms with Crippen molar-refractivity contribution in [1.82, 2.24) is 0 Å². The molecule has 0 saturated carbocycles. The van der Waals surface area contributed by atoms with Crippen LogP contribution >= 0.6 is 12.6 Å². The Morgan fingerprint density at radius 1 is 1.45 bits per heavy atom. The average molecular weight is 167 g/mol. The molecular weight excluding hydrogens is 158 g/mol. The highest BCUT2D eigenvalue weighted by Crippen LogP contribution is 2.15. The fourth-order valence-corrected chi connectivity index (χ4v) is 1.14. The zero-order chi connectivity index (χ0) is 8.10. The number of thiol groups is 1. The summed E-state index contributed by atoms with van der Waals surface area (Å²) >= 11 is 4.12. The molecule has 0 saturated heterocycles. The highest BCUT2D eigenvalue weighted by Gasteiger charge is 1.95. The fraction of sp³-hybridized carbons (Fsp3) is 0.125. The van der Waals surface area contributed by atoms with Crippen LogP contribution in [0.15, 0.2) is 24.3 Å². The second-order valence-corrected chi connectivity index (χ2v) is 2.39. The predicted molar refractivity (Wildman–Crippen MR) is 48.8 cm³/mol. The summed E-state index contributed by atoms with van der Waals surface area (Å²) in [6.45, 7) is 0. The minimum Gasteiger partial charge on any atom is -0.328 e. The first-order chi connectivity index (χ1) is 5.38. The highest BCUT2D eigenvalue weighted by atomic mass is 32.1. The van der Waals surface area contributed by atoms with Crippen molar-refractivity contribution in [3.63, 3.8) is 0 Å². The van der Waals surface area contributed by atoms with E-state index < -0.39 is 0 Å². The third-order valence-corrected chi connectivity index (χ3v) is 1.74. The molecule has 0 aliphatic rings. The molecule has 0 spiro atoms. The van der Waals surface area contributed by atoms with E-state index in [0.29, 0.717) is 12.2 Å². The molecule has 0 aliphatic heterocycles. The van der Waals surface area contributed by atoms with Gasteiger partial charge in [-0.1, -0.05) is 18.2 Å². The normalized spacial score (nSPS) is 9.18. The maximum Gasteiger partial charge on any atom is 0.211 e. The van der Waals surface area contributed by atoms with Gasteiger partial charge in [0.25, 0.3) is 0 Å². The second kappa shape index (κ2) is 4.03. The predicted octanol–water partition coefficient (Wildman–Crippen LogP) is 1.68. The SMILES string of the molecule is O=CNc1ccccc1CS. The van der Waals surface area contributed by atoms with Gasteiger partial charge in [-0.3, -0.25) is 4.79 Å². The molecule has 0 heterocycles. The summed E-state index contributed by atoms with van der Waals surface area (Å²) in [6.07, 6.45) is 0.669. The maximum atomic E-state index is 10.1. The molecule has 1 amide bonds. The number of carbonyl (C=O) groups is 1. The van der Waals surface area contributed by atoms with E-state index in [-0.39, 0.29) is 0 Å². The molecule has 1 aromatic carbocycles. The van der Waals surface area contributed by atoms with Gasteiger partial charge in [-0.25, -0.2) is 0 Å². The number of hydrogen-bond donors (Lipinski definition) is 2. The average Bonchev–Trinajstić information content (AvgIpc) is 2.06. The van der Waals surface area contributed by atoms with Crippen molar-refractivity contribution in [2.24, 2.45) is 0 Å². The summed E-state index contributed by atoms with van der Waals surface area (Å²) < 4.78 is 0. The molecule has 58 valence electrons. The van der Waals surface area contributed by atoms with Crippen molar-refractivity contribution in [1.29, 1.82) is 0 Å². The van der Waals surface area contributed by atoms with Gasteiger partial charge in [0.05, 0.1) is 0 Å². The lowest BCUT2D eigenvalue weighted by Gasteiger charge is -2.03. The molecule has 2 nitrogen and oxygen atoms in total. The molecule has 3 heteroatoms. The lowest BCUT2D eigenvalue weighted by molar-refractivity contribution is -0.105. The summed E-state index contributed by atoms with van der Waals surface area (Å²) in [5, 5.41) is 2.60. The second-order valence-electron chi connectivity index (χ2n) is 2.08. The number of amides is 1. The van der Waals surface area contributed by atoms with Crippen LogP contribution in [-0.2, 0) is 10.5 Å². The number of benzene rings is 1. The summed E-state index contributed by atoms with van der Waals surface area (Å²) in [5.74, 6) is 0.636. The van der Waals surface area contributed by atoms with Crippen LogP contribution in [0.2, 0.25) is 0 Å². The van der Waals surface area contributed by atoms with Gasteiger partial charge in [-0.15, -0.1) is 0 Å². The number of hydrogen-bond acceptors (Lipinski definition) is 2. The quantitative estimate of drug-likeness (QED) is 0.520. The van der Waals surface area contributed by atoms with E-state index in [1.54, 1.807) is 0 Å². The van der Waals surface area contributed by atoms with Crippen molar-refractivity contribution in [2.75, 3.05) is 5.32 Å². The van der Waals surface area contributed by atoms with E-state index in [0.717, 1.165) is 11.3 Å². The Hall–Kier alpha value is -0.960. The third kappa shape index (κ3) is 1.98. The van der Waals surface area contributed by atoms with Gasteiger partial charge in [-0.05, 0) is 11.6 Å². The van der Waals surface area contributed by atoms with Gasteiger partial charge in [0.15, 0.2) is 0 Å². The summed E-state index contributed by atoms with van der Waals surface area (Å²) in [6, 6.07) is 7.57.